The van der Waals surface area contributed by atoms with Crippen molar-refractivity contribution in [3.63, 3.8) is 0 Å². The monoisotopic (exact) mass is 242 g/mol. The molecule has 1 aliphatic carbocycles. The van der Waals surface area contributed by atoms with Gasteiger partial charge in [0.05, 0.1) is 25.9 Å². The highest BCUT2D eigenvalue weighted by atomic mass is 16.5. The summed E-state index contributed by atoms with van der Waals surface area (Å²) in [5, 5.41) is 12.9. The number of rotatable bonds is 4. The summed E-state index contributed by atoms with van der Waals surface area (Å²) in [7, 11) is 0. The molecular weight excluding hydrogens is 216 g/mol. The maximum atomic E-state index is 9.39. The zero-order valence-corrected chi connectivity index (χ0v) is 10.9. The zero-order valence-electron chi connectivity index (χ0n) is 10.9. The van der Waals surface area contributed by atoms with E-state index in [1.165, 1.54) is 25.7 Å². The Hall–Kier alpha value is -0.160. The number of ether oxygens (including phenoxy) is 1. The zero-order chi connectivity index (χ0) is 12.1. The molecule has 4 heteroatoms. The van der Waals surface area contributed by atoms with Crippen molar-refractivity contribution in [3.8, 4) is 0 Å². The standard InChI is InChI=1S/C13H26N2O2/c1-2-14-11-3-5-12(6-4-11)15-7-8-17-10-13(15)9-16/h11-14,16H,2-10H2,1H3. The summed E-state index contributed by atoms with van der Waals surface area (Å²) in [6, 6.07) is 1.60. The fourth-order valence-electron chi connectivity index (χ4n) is 3.21. The molecule has 0 bridgehead atoms. The van der Waals surface area contributed by atoms with E-state index in [0.717, 1.165) is 19.7 Å². The van der Waals surface area contributed by atoms with E-state index in [1.807, 2.05) is 0 Å². The molecule has 0 amide bonds. The van der Waals surface area contributed by atoms with Gasteiger partial charge < -0.3 is 15.2 Å². The molecule has 0 aromatic carbocycles. The SMILES string of the molecule is CCNC1CCC(N2CCOCC2CO)CC1. The predicted molar refractivity (Wildman–Crippen MR) is 68.1 cm³/mol. The Kier molecular flexibility index (Phi) is 5.22. The molecule has 1 heterocycles. The first-order valence-electron chi connectivity index (χ1n) is 7.03. The second kappa shape index (κ2) is 6.69. The first-order valence-corrected chi connectivity index (χ1v) is 7.03. The maximum Gasteiger partial charge on any atom is 0.0644 e. The van der Waals surface area contributed by atoms with Crippen molar-refractivity contribution in [3.05, 3.63) is 0 Å². The van der Waals surface area contributed by atoms with Crippen molar-refractivity contribution < 1.29 is 9.84 Å². The van der Waals surface area contributed by atoms with Crippen LogP contribution < -0.4 is 5.32 Å². The lowest BCUT2D eigenvalue weighted by Gasteiger charge is -2.43. The van der Waals surface area contributed by atoms with Crippen LogP contribution in [-0.4, -0.2) is 61.0 Å². The van der Waals surface area contributed by atoms with Gasteiger partial charge in [-0.3, -0.25) is 4.90 Å². The average Bonchev–Trinajstić information content (AvgIpc) is 2.40. The van der Waals surface area contributed by atoms with Gasteiger partial charge in [-0.25, -0.2) is 0 Å². The van der Waals surface area contributed by atoms with Crippen LogP contribution in [0.1, 0.15) is 32.6 Å². The lowest BCUT2D eigenvalue weighted by atomic mass is 9.89. The second-order valence-corrected chi connectivity index (χ2v) is 5.21. The van der Waals surface area contributed by atoms with E-state index in [9.17, 15) is 5.11 Å². The molecular formula is C13H26N2O2. The topological polar surface area (TPSA) is 44.7 Å². The Balaban J connectivity index is 1.82. The van der Waals surface area contributed by atoms with Crippen LogP contribution in [0.2, 0.25) is 0 Å². The molecule has 0 aromatic rings. The van der Waals surface area contributed by atoms with Crippen LogP contribution in [0, 0.1) is 0 Å². The van der Waals surface area contributed by atoms with Gasteiger partial charge in [0.1, 0.15) is 0 Å². The quantitative estimate of drug-likeness (QED) is 0.758. The highest BCUT2D eigenvalue weighted by Crippen LogP contribution is 2.25. The Morgan fingerprint density at radius 3 is 2.71 bits per heavy atom. The normalized spacial score (nSPS) is 36.0. The van der Waals surface area contributed by atoms with Crippen LogP contribution in [0.15, 0.2) is 0 Å². The molecule has 1 atom stereocenters. The van der Waals surface area contributed by atoms with E-state index in [-0.39, 0.29) is 12.6 Å². The van der Waals surface area contributed by atoms with Crippen LogP contribution in [-0.2, 0) is 4.74 Å². The molecule has 1 saturated carbocycles. The van der Waals surface area contributed by atoms with E-state index in [2.05, 4.69) is 17.1 Å². The lowest BCUT2D eigenvalue weighted by Crippen LogP contribution is -2.54. The third-order valence-corrected chi connectivity index (χ3v) is 4.14. The maximum absolute atomic E-state index is 9.39. The van der Waals surface area contributed by atoms with Crippen LogP contribution >= 0.6 is 0 Å². The van der Waals surface area contributed by atoms with Gasteiger partial charge in [-0.05, 0) is 32.2 Å². The minimum atomic E-state index is 0.226. The van der Waals surface area contributed by atoms with Gasteiger partial charge in [-0.2, -0.15) is 0 Å². The number of hydrogen-bond donors (Lipinski definition) is 2. The molecule has 2 aliphatic rings. The van der Waals surface area contributed by atoms with E-state index < -0.39 is 0 Å². The molecule has 1 saturated heterocycles. The Labute approximate surface area is 104 Å². The first kappa shape index (κ1) is 13.3. The van der Waals surface area contributed by atoms with Gasteiger partial charge in [0.25, 0.3) is 0 Å². The fourth-order valence-corrected chi connectivity index (χ4v) is 3.21. The van der Waals surface area contributed by atoms with Gasteiger partial charge in [-0.15, -0.1) is 0 Å². The van der Waals surface area contributed by atoms with Gasteiger partial charge >= 0.3 is 0 Å². The third-order valence-electron chi connectivity index (χ3n) is 4.14. The summed E-state index contributed by atoms with van der Waals surface area (Å²) < 4.78 is 5.44. The van der Waals surface area contributed by atoms with E-state index in [4.69, 9.17) is 4.74 Å². The molecule has 4 nitrogen and oxygen atoms in total. The molecule has 100 valence electrons. The Morgan fingerprint density at radius 1 is 1.29 bits per heavy atom. The summed E-state index contributed by atoms with van der Waals surface area (Å²) in [5.41, 5.74) is 0. The molecule has 1 aliphatic heterocycles. The number of nitrogens with zero attached hydrogens (tertiary/aromatic N) is 1. The van der Waals surface area contributed by atoms with Gasteiger partial charge in [0.15, 0.2) is 0 Å². The summed E-state index contributed by atoms with van der Waals surface area (Å²) in [6.07, 6.45) is 5.06. The van der Waals surface area contributed by atoms with Crippen molar-refractivity contribution in [1.29, 1.82) is 0 Å². The number of hydrogen-bond acceptors (Lipinski definition) is 4. The van der Waals surface area contributed by atoms with Crippen LogP contribution in [0.5, 0.6) is 0 Å². The smallest absolute Gasteiger partial charge is 0.0644 e. The van der Waals surface area contributed by atoms with E-state index in [0.29, 0.717) is 18.7 Å². The highest BCUT2D eigenvalue weighted by molar-refractivity contribution is 4.87. The van der Waals surface area contributed by atoms with Crippen molar-refractivity contribution >= 4 is 0 Å². The largest absolute Gasteiger partial charge is 0.395 e. The molecule has 2 rings (SSSR count). The molecule has 0 spiro atoms. The second-order valence-electron chi connectivity index (χ2n) is 5.21. The van der Waals surface area contributed by atoms with Gasteiger partial charge in [-0.1, -0.05) is 6.92 Å². The molecule has 2 N–H and O–H groups in total. The summed E-state index contributed by atoms with van der Waals surface area (Å²) in [5.74, 6) is 0. The first-order chi connectivity index (χ1) is 8.35. The molecule has 0 radical (unpaired) electrons. The predicted octanol–water partition coefficient (Wildman–Crippen LogP) is 0.600. The Bertz CT molecular complexity index is 217. The summed E-state index contributed by atoms with van der Waals surface area (Å²) in [4.78, 5) is 2.48. The molecule has 2 fully saturated rings. The minimum Gasteiger partial charge on any atom is -0.395 e. The van der Waals surface area contributed by atoms with Crippen molar-refractivity contribution in [2.24, 2.45) is 0 Å². The van der Waals surface area contributed by atoms with Crippen LogP contribution in [0.4, 0.5) is 0 Å². The van der Waals surface area contributed by atoms with Crippen LogP contribution in [0.3, 0.4) is 0 Å². The van der Waals surface area contributed by atoms with Gasteiger partial charge in [0.2, 0.25) is 0 Å². The van der Waals surface area contributed by atoms with Gasteiger partial charge in [0, 0.05) is 18.6 Å². The minimum absolute atomic E-state index is 0.226. The average molecular weight is 242 g/mol. The van der Waals surface area contributed by atoms with Crippen molar-refractivity contribution in [2.45, 2.75) is 50.7 Å². The van der Waals surface area contributed by atoms with E-state index in [1.54, 1.807) is 0 Å². The number of aliphatic hydroxyl groups excluding tert-OH is 1. The number of aliphatic hydroxyl groups is 1. The summed E-state index contributed by atoms with van der Waals surface area (Å²) >= 11 is 0. The number of nitrogens with one attached hydrogen (secondary N) is 1. The molecule has 1 unspecified atom stereocenters. The van der Waals surface area contributed by atoms with Crippen LogP contribution in [0.25, 0.3) is 0 Å². The lowest BCUT2D eigenvalue weighted by molar-refractivity contribution is -0.0545. The third kappa shape index (κ3) is 3.41. The van der Waals surface area contributed by atoms with Crippen molar-refractivity contribution in [2.75, 3.05) is 32.9 Å². The molecule has 17 heavy (non-hydrogen) atoms. The Morgan fingerprint density at radius 2 is 2.06 bits per heavy atom. The fraction of sp³-hybridized carbons (Fsp3) is 1.00. The highest BCUT2D eigenvalue weighted by Gasteiger charge is 2.31. The number of morpholine rings is 1. The van der Waals surface area contributed by atoms with Crippen molar-refractivity contribution in [1.82, 2.24) is 10.2 Å². The summed E-state index contributed by atoms with van der Waals surface area (Å²) in [6.45, 7) is 5.99. The van der Waals surface area contributed by atoms with E-state index >= 15 is 0 Å². The molecule has 0 aromatic heterocycles.